The lowest BCUT2D eigenvalue weighted by molar-refractivity contribution is 0.0906. The average Bonchev–Trinajstić information content (AvgIpc) is 2.79. The van der Waals surface area contributed by atoms with Gasteiger partial charge in [0, 0.05) is 19.1 Å². The van der Waals surface area contributed by atoms with E-state index in [1.54, 1.807) is 0 Å². The van der Waals surface area contributed by atoms with Crippen molar-refractivity contribution >= 4 is 0 Å². The molecule has 0 spiro atoms. The Kier molecular flexibility index (Phi) is 5.02. The van der Waals surface area contributed by atoms with Crippen LogP contribution in [0.25, 0.3) is 0 Å². The van der Waals surface area contributed by atoms with Crippen molar-refractivity contribution < 1.29 is 4.74 Å². The molecule has 2 nitrogen and oxygen atoms in total. The zero-order chi connectivity index (χ0) is 11.9. The molecular weight excluding hydrogens is 210 g/mol. The third kappa shape index (κ3) is 3.83. The minimum atomic E-state index is 0.404. The van der Waals surface area contributed by atoms with Gasteiger partial charge < -0.3 is 10.1 Å². The molecular formula is C15H23NO. The van der Waals surface area contributed by atoms with Crippen molar-refractivity contribution in [1.82, 2.24) is 5.32 Å². The van der Waals surface area contributed by atoms with E-state index in [2.05, 4.69) is 42.6 Å². The fourth-order valence-corrected chi connectivity index (χ4v) is 2.46. The molecule has 2 atom stereocenters. The molecule has 1 heterocycles. The van der Waals surface area contributed by atoms with Crippen LogP contribution in [0.15, 0.2) is 30.3 Å². The van der Waals surface area contributed by atoms with Crippen LogP contribution < -0.4 is 5.32 Å². The lowest BCUT2D eigenvalue weighted by Crippen LogP contribution is -2.30. The lowest BCUT2D eigenvalue weighted by atomic mass is 9.95. The second kappa shape index (κ2) is 6.77. The normalized spacial score (nSPS) is 24.1. The second-order valence-electron chi connectivity index (χ2n) is 4.85. The first kappa shape index (κ1) is 12.6. The summed E-state index contributed by atoms with van der Waals surface area (Å²) in [5.74, 6) is 0.682. The molecule has 17 heavy (non-hydrogen) atoms. The summed E-state index contributed by atoms with van der Waals surface area (Å²) in [5, 5.41) is 3.51. The van der Waals surface area contributed by atoms with Gasteiger partial charge in [-0.3, -0.25) is 0 Å². The van der Waals surface area contributed by atoms with Crippen LogP contribution in [-0.4, -0.2) is 25.8 Å². The summed E-state index contributed by atoms with van der Waals surface area (Å²) < 4.78 is 5.86. The van der Waals surface area contributed by atoms with Crippen LogP contribution >= 0.6 is 0 Å². The van der Waals surface area contributed by atoms with Crippen LogP contribution in [0.1, 0.15) is 25.3 Å². The Morgan fingerprint density at radius 3 is 2.88 bits per heavy atom. The maximum atomic E-state index is 5.86. The van der Waals surface area contributed by atoms with Gasteiger partial charge in [-0.2, -0.15) is 0 Å². The predicted octanol–water partition coefficient (Wildman–Crippen LogP) is 2.63. The monoisotopic (exact) mass is 233 g/mol. The molecule has 1 aromatic rings. The molecule has 1 aliphatic rings. The molecule has 0 saturated carbocycles. The summed E-state index contributed by atoms with van der Waals surface area (Å²) in [6, 6.07) is 10.7. The third-order valence-corrected chi connectivity index (χ3v) is 3.46. The zero-order valence-corrected chi connectivity index (χ0v) is 10.7. The molecule has 1 aliphatic heterocycles. The average molecular weight is 233 g/mol. The van der Waals surface area contributed by atoms with Gasteiger partial charge in [-0.25, -0.2) is 0 Å². The summed E-state index contributed by atoms with van der Waals surface area (Å²) in [4.78, 5) is 0. The Morgan fingerprint density at radius 1 is 1.29 bits per heavy atom. The van der Waals surface area contributed by atoms with Crippen molar-refractivity contribution in [2.45, 2.75) is 32.3 Å². The quantitative estimate of drug-likeness (QED) is 0.763. The largest absolute Gasteiger partial charge is 0.378 e. The van der Waals surface area contributed by atoms with Gasteiger partial charge in [-0.05, 0) is 31.4 Å². The molecule has 0 aromatic heterocycles. The number of hydrogen-bond donors (Lipinski definition) is 1. The van der Waals surface area contributed by atoms with E-state index in [4.69, 9.17) is 4.74 Å². The Bertz CT molecular complexity index is 312. The summed E-state index contributed by atoms with van der Waals surface area (Å²) >= 11 is 0. The fourth-order valence-electron chi connectivity index (χ4n) is 2.46. The topological polar surface area (TPSA) is 21.3 Å². The smallest absolute Gasteiger partial charge is 0.0656 e. The van der Waals surface area contributed by atoms with Gasteiger partial charge in [0.15, 0.2) is 0 Å². The Morgan fingerprint density at radius 2 is 2.12 bits per heavy atom. The number of hydrogen-bond acceptors (Lipinski definition) is 2. The molecule has 2 rings (SSSR count). The SMILES string of the molecule is CCCNCC1CCOC1Cc1ccccc1. The van der Waals surface area contributed by atoms with E-state index >= 15 is 0 Å². The standard InChI is InChI=1S/C15H23NO/c1-2-9-16-12-14-8-10-17-15(14)11-13-6-4-3-5-7-13/h3-7,14-16H,2,8-12H2,1H3. The molecule has 2 unspecified atom stereocenters. The van der Waals surface area contributed by atoms with E-state index in [1.165, 1.54) is 18.4 Å². The van der Waals surface area contributed by atoms with Crippen LogP contribution in [0.4, 0.5) is 0 Å². The van der Waals surface area contributed by atoms with Crippen LogP contribution in [0.3, 0.4) is 0 Å². The van der Waals surface area contributed by atoms with Gasteiger partial charge in [0.05, 0.1) is 6.10 Å². The maximum Gasteiger partial charge on any atom is 0.0656 e. The molecule has 0 bridgehead atoms. The van der Waals surface area contributed by atoms with E-state index < -0.39 is 0 Å². The Balaban J connectivity index is 1.82. The summed E-state index contributed by atoms with van der Waals surface area (Å²) in [6.07, 6.45) is 3.87. The van der Waals surface area contributed by atoms with Crippen molar-refractivity contribution in [1.29, 1.82) is 0 Å². The van der Waals surface area contributed by atoms with Gasteiger partial charge in [0.25, 0.3) is 0 Å². The van der Waals surface area contributed by atoms with Gasteiger partial charge in [0.1, 0.15) is 0 Å². The van der Waals surface area contributed by atoms with Gasteiger partial charge in [-0.1, -0.05) is 37.3 Å². The van der Waals surface area contributed by atoms with Crippen LogP contribution in [0.5, 0.6) is 0 Å². The highest BCUT2D eigenvalue weighted by Gasteiger charge is 2.27. The van der Waals surface area contributed by atoms with E-state index in [1.807, 2.05) is 0 Å². The highest BCUT2D eigenvalue weighted by molar-refractivity contribution is 5.16. The first-order valence-electron chi connectivity index (χ1n) is 6.76. The van der Waals surface area contributed by atoms with Crippen molar-refractivity contribution in [2.24, 2.45) is 5.92 Å². The lowest BCUT2D eigenvalue weighted by Gasteiger charge is -2.19. The number of nitrogens with one attached hydrogen (secondary N) is 1. The summed E-state index contributed by atoms with van der Waals surface area (Å²) in [7, 11) is 0. The van der Waals surface area contributed by atoms with Gasteiger partial charge in [-0.15, -0.1) is 0 Å². The van der Waals surface area contributed by atoms with Crippen molar-refractivity contribution in [3.05, 3.63) is 35.9 Å². The highest BCUT2D eigenvalue weighted by Crippen LogP contribution is 2.23. The highest BCUT2D eigenvalue weighted by atomic mass is 16.5. The van der Waals surface area contributed by atoms with E-state index in [9.17, 15) is 0 Å². The Hall–Kier alpha value is -0.860. The molecule has 1 N–H and O–H groups in total. The zero-order valence-electron chi connectivity index (χ0n) is 10.7. The first-order chi connectivity index (χ1) is 8.40. The molecule has 0 aliphatic carbocycles. The third-order valence-electron chi connectivity index (χ3n) is 3.46. The van der Waals surface area contributed by atoms with Crippen molar-refractivity contribution in [3.8, 4) is 0 Å². The molecule has 0 radical (unpaired) electrons. The number of ether oxygens (including phenoxy) is 1. The maximum absolute atomic E-state index is 5.86. The minimum absolute atomic E-state index is 0.404. The van der Waals surface area contributed by atoms with E-state index in [0.29, 0.717) is 12.0 Å². The van der Waals surface area contributed by atoms with Crippen LogP contribution in [0.2, 0.25) is 0 Å². The predicted molar refractivity (Wildman–Crippen MR) is 71.2 cm³/mol. The van der Waals surface area contributed by atoms with E-state index in [-0.39, 0.29) is 0 Å². The van der Waals surface area contributed by atoms with E-state index in [0.717, 1.165) is 26.1 Å². The van der Waals surface area contributed by atoms with Crippen molar-refractivity contribution in [2.75, 3.05) is 19.7 Å². The summed E-state index contributed by atoms with van der Waals surface area (Å²) in [6.45, 7) is 5.36. The molecule has 94 valence electrons. The minimum Gasteiger partial charge on any atom is -0.378 e. The first-order valence-corrected chi connectivity index (χ1v) is 6.76. The fraction of sp³-hybridized carbons (Fsp3) is 0.600. The van der Waals surface area contributed by atoms with Crippen LogP contribution in [-0.2, 0) is 11.2 Å². The number of rotatable bonds is 6. The molecule has 1 fully saturated rings. The van der Waals surface area contributed by atoms with Gasteiger partial charge in [0.2, 0.25) is 0 Å². The molecule has 1 saturated heterocycles. The van der Waals surface area contributed by atoms with Crippen LogP contribution in [0, 0.1) is 5.92 Å². The van der Waals surface area contributed by atoms with Gasteiger partial charge >= 0.3 is 0 Å². The van der Waals surface area contributed by atoms with Crippen molar-refractivity contribution in [3.63, 3.8) is 0 Å². The number of benzene rings is 1. The molecule has 2 heteroatoms. The molecule has 1 aromatic carbocycles. The summed E-state index contributed by atoms with van der Waals surface area (Å²) in [5.41, 5.74) is 1.39. The Labute approximate surface area is 104 Å². The second-order valence-corrected chi connectivity index (χ2v) is 4.85. The molecule has 0 amide bonds.